The van der Waals surface area contributed by atoms with Crippen LogP contribution in [-0.2, 0) is 4.74 Å². The van der Waals surface area contributed by atoms with Crippen LogP contribution in [0, 0.1) is 46.8 Å². The zero-order valence-corrected chi connectivity index (χ0v) is 16.3. The van der Waals surface area contributed by atoms with E-state index >= 15 is 0 Å². The fourth-order valence-electron chi connectivity index (χ4n) is 6.92. The number of ether oxygens (including phenoxy) is 1. The minimum atomic E-state index is 0.578. The van der Waals surface area contributed by atoms with E-state index in [0.29, 0.717) is 5.41 Å². The number of fused-ring (bicyclic) bond motifs is 5. The molecule has 1 saturated heterocycles. The SMILES string of the molecule is CC.CC1CCC2C(CCC3C2CCC2(C)C(C)COCC32)C1. The zero-order chi connectivity index (χ0) is 16.6. The van der Waals surface area contributed by atoms with Crippen molar-refractivity contribution in [2.24, 2.45) is 46.8 Å². The second-order valence-electron chi connectivity index (χ2n) is 9.34. The van der Waals surface area contributed by atoms with E-state index in [-0.39, 0.29) is 0 Å². The van der Waals surface area contributed by atoms with Gasteiger partial charge in [-0.1, -0.05) is 41.0 Å². The summed E-state index contributed by atoms with van der Waals surface area (Å²) in [5.41, 5.74) is 0.578. The topological polar surface area (TPSA) is 9.23 Å². The van der Waals surface area contributed by atoms with Gasteiger partial charge in [-0.15, -0.1) is 0 Å². The summed E-state index contributed by atoms with van der Waals surface area (Å²) in [6, 6.07) is 0. The third-order valence-electron chi connectivity index (χ3n) is 8.45. The number of rotatable bonds is 0. The Bertz CT molecular complexity index is 391. The van der Waals surface area contributed by atoms with Crippen molar-refractivity contribution >= 4 is 0 Å². The van der Waals surface area contributed by atoms with E-state index in [0.717, 1.165) is 54.6 Å². The number of hydrogen-bond acceptors (Lipinski definition) is 1. The van der Waals surface area contributed by atoms with Crippen molar-refractivity contribution < 1.29 is 4.74 Å². The van der Waals surface area contributed by atoms with Crippen LogP contribution in [0.4, 0.5) is 0 Å². The highest BCUT2D eigenvalue weighted by atomic mass is 16.5. The van der Waals surface area contributed by atoms with Gasteiger partial charge in [-0.25, -0.2) is 0 Å². The van der Waals surface area contributed by atoms with Crippen LogP contribution < -0.4 is 0 Å². The van der Waals surface area contributed by atoms with Crippen molar-refractivity contribution in [3.63, 3.8) is 0 Å². The maximum atomic E-state index is 6.02. The molecule has 0 N–H and O–H groups in total. The summed E-state index contributed by atoms with van der Waals surface area (Å²) < 4.78 is 6.02. The molecule has 0 spiro atoms. The average Bonchev–Trinajstić information content (AvgIpc) is 2.57. The van der Waals surface area contributed by atoms with Gasteiger partial charge in [-0.3, -0.25) is 0 Å². The lowest BCUT2D eigenvalue weighted by Crippen LogP contribution is -2.55. The van der Waals surface area contributed by atoms with Gasteiger partial charge in [0.15, 0.2) is 0 Å². The van der Waals surface area contributed by atoms with Crippen molar-refractivity contribution in [2.75, 3.05) is 13.2 Å². The predicted octanol–water partition coefficient (Wildman–Crippen LogP) is 6.17. The van der Waals surface area contributed by atoms with E-state index in [1.807, 2.05) is 13.8 Å². The quantitative estimate of drug-likeness (QED) is 0.518. The first kappa shape index (κ1) is 17.8. The van der Waals surface area contributed by atoms with E-state index in [4.69, 9.17) is 4.74 Å². The molecule has 4 rings (SSSR count). The Labute approximate surface area is 144 Å². The van der Waals surface area contributed by atoms with Crippen LogP contribution in [0.15, 0.2) is 0 Å². The Morgan fingerprint density at radius 2 is 1.57 bits per heavy atom. The van der Waals surface area contributed by atoms with Gasteiger partial charge >= 0.3 is 0 Å². The van der Waals surface area contributed by atoms with Gasteiger partial charge < -0.3 is 4.74 Å². The summed E-state index contributed by atoms with van der Waals surface area (Å²) in [5, 5.41) is 0. The highest BCUT2D eigenvalue weighted by Gasteiger charge is 2.54. The van der Waals surface area contributed by atoms with E-state index < -0.39 is 0 Å². The van der Waals surface area contributed by atoms with Crippen molar-refractivity contribution in [1.82, 2.24) is 0 Å². The van der Waals surface area contributed by atoms with Crippen LogP contribution in [0.3, 0.4) is 0 Å². The average molecular weight is 321 g/mol. The summed E-state index contributed by atoms with van der Waals surface area (Å²) in [6.07, 6.45) is 10.6. The summed E-state index contributed by atoms with van der Waals surface area (Å²) in [7, 11) is 0. The van der Waals surface area contributed by atoms with Gasteiger partial charge in [0.2, 0.25) is 0 Å². The Hall–Kier alpha value is -0.0400. The van der Waals surface area contributed by atoms with Crippen molar-refractivity contribution in [3.05, 3.63) is 0 Å². The molecular formula is C22H40O. The maximum absolute atomic E-state index is 6.02. The zero-order valence-electron chi connectivity index (χ0n) is 16.3. The molecule has 23 heavy (non-hydrogen) atoms. The molecule has 8 unspecified atom stereocenters. The first-order valence-electron chi connectivity index (χ1n) is 10.7. The lowest BCUT2D eigenvalue weighted by atomic mass is 9.47. The van der Waals surface area contributed by atoms with Crippen LogP contribution in [-0.4, -0.2) is 13.2 Å². The minimum absolute atomic E-state index is 0.578. The third kappa shape index (κ3) is 3.00. The molecule has 4 aliphatic rings. The normalized spacial score (nSPS) is 52.3. The lowest BCUT2D eigenvalue weighted by molar-refractivity contribution is -0.159. The van der Waals surface area contributed by atoms with Gasteiger partial charge in [0.05, 0.1) is 6.61 Å². The largest absolute Gasteiger partial charge is 0.381 e. The summed E-state index contributed by atoms with van der Waals surface area (Å²) in [4.78, 5) is 0. The second kappa shape index (κ2) is 7.06. The number of hydrogen-bond donors (Lipinski definition) is 0. The second-order valence-corrected chi connectivity index (χ2v) is 9.34. The van der Waals surface area contributed by atoms with Gasteiger partial charge in [-0.05, 0) is 85.4 Å². The van der Waals surface area contributed by atoms with Crippen LogP contribution in [0.5, 0.6) is 0 Å². The molecule has 1 aliphatic heterocycles. The highest BCUT2D eigenvalue weighted by Crippen LogP contribution is 2.60. The molecule has 4 fully saturated rings. The summed E-state index contributed by atoms with van der Waals surface area (Å²) >= 11 is 0. The van der Waals surface area contributed by atoms with E-state index in [1.54, 1.807) is 0 Å². The fraction of sp³-hybridized carbons (Fsp3) is 1.00. The molecule has 0 aromatic carbocycles. The molecular weight excluding hydrogens is 280 g/mol. The van der Waals surface area contributed by atoms with Gasteiger partial charge in [0.25, 0.3) is 0 Å². The Balaban J connectivity index is 0.000000753. The molecule has 8 atom stereocenters. The Morgan fingerprint density at radius 3 is 2.35 bits per heavy atom. The fourth-order valence-corrected chi connectivity index (χ4v) is 6.92. The van der Waals surface area contributed by atoms with Crippen molar-refractivity contribution in [1.29, 1.82) is 0 Å². The standard InChI is InChI=1S/C20H34O.C2H6/c1-13-4-6-16-15(10-13)5-7-18-17(16)8-9-20(3)14(2)11-21-12-19(18)20;1-2/h13-19H,4-12H2,1-3H3;1-2H3. The molecule has 1 heterocycles. The Morgan fingerprint density at radius 1 is 0.826 bits per heavy atom. The summed E-state index contributed by atoms with van der Waals surface area (Å²) in [6.45, 7) is 13.6. The maximum Gasteiger partial charge on any atom is 0.0502 e. The molecule has 0 aromatic rings. The molecule has 0 aromatic heterocycles. The third-order valence-corrected chi connectivity index (χ3v) is 8.45. The molecule has 0 bridgehead atoms. The molecule has 3 aliphatic carbocycles. The molecule has 1 nitrogen and oxygen atoms in total. The van der Waals surface area contributed by atoms with Crippen molar-refractivity contribution in [3.8, 4) is 0 Å². The van der Waals surface area contributed by atoms with Crippen LogP contribution in [0.2, 0.25) is 0 Å². The predicted molar refractivity (Wildman–Crippen MR) is 98.4 cm³/mol. The van der Waals surface area contributed by atoms with E-state index in [9.17, 15) is 0 Å². The molecule has 0 radical (unpaired) electrons. The minimum Gasteiger partial charge on any atom is -0.381 e. The van der Waals surface area contributed by atoms with E-state index in [1.165, 1.54) is 44.9 Å². The van der Waals surface area contributed by atoms with Gasteiger partial charge in [0, 0.05) is 6.61 Å². The lowest BCUT2D eigenvalue weighted by Gasteiger charge is -2.59. The monoisotopic (exact) mass is 320 g/mol. The molecule has 1 heteroatoms. The van der Waals surface area contributed by atoms with E-state index in [2.05, 4.69) is 20.8 Å². The molecule has 3 saturated carbocycles. The van der Waals surface area contributed by atoms with Crippen molar-refractivity contribution in [2.45, 2.75) is 79.6 Å². The Kier molecular flexibility index (Phi) is 5.46. The molecule has 134 valence electrons. The van der Waals surface area contributed by atoms with Crippen LogP contribution in [0.25, 0.3) is 0 Å². The van der Waals surface area contributed by atoms with Crippen LogP contribution >= 0.6 is 0 Å². The molecule has 0 amide bonds. The van der Waals surface area contributed by atoms with Gasteiger partial charge in [-0.2, -0.15) is 0 Å². The first-order chi connectivity index (χ1) is 11.1. The van der Waals surface area contributed by atoms with Crippen LogP contribution in [0.1, 0.15) is 79.6 Å². The van der Waals surface area contributed by atoms with Gasteiger partial charge in [0.1, 0.15) is 0 Å². The smallest absolute Gasteiger partial charge is 0.0502 e. The first-order valence-corrected chi connectivity index (χ1v) is 10.7. The highest BCUT2D eigenvalue weighted by molar-refractivity contribution is 5.03. The summed E-state index contributed by atoms with van der Waals surface area (Å²) in [5.74, 6) is 6.80.